The Bertz CT molecular complexity index is 3080. The molecule has 0 unspecified atom stereocenters. The van der Waals surface area contributed by atoms with Gasteiger partial charge in [-0.05, 0) is 133 Å². The monoisotopic (exact) mass is 656 g/mol. The first-order valence-corrected chi connectivity index (χ1v) is 18.1. The average Bonchev–Trinajstić information content (AvgIpc) is 3.22. The predicted molar refractivity (Wildman–Crippen MR) is 224 cm³/mol. The molecule has 0 aromatic heterocycles. The Balaban J connectivity index is 1.34. The largest absolute Gasteiger partial charge is 0.0622 e. The van der Waals surface area contributed by atoms with E-state index in [4.69, 9.17) is 0 Å². The van der Waals surface area contributed by atoms with Gasteiger partial charge >= 0.3 is 0 Å². The van der Waals surface area contributed by atoms with Crippen molar-refractivity contribution < 1.29 is 0 Å². The van der Waals surface area contributed by atoms with Crippen molar-refractivity contribution in [2.24, 2.45) is 0 Å². The molecule has 0 aliphatic carbocycles. The van der Waals surface area contributed by atoms with Gasteiger partial charge in [0.15, 0.2) is 0 Å². The number of hydrogen-bond acceptors (Lipinski definition) is 0. The molecule has 11 aromatic carbocycles. The molecule has 0 aliphatic heterocycles. The normalized spacial score (nSPS) is 11.8. The molecule has 0 aliphatic rings. The van der Waals surface area contributed by atoms with Crippen LogP contribution in [0.3, 0.4) is 0 Å². The van der Waals surface area contributed by atoms with Gasteiger partial charge in [0, 0.05) is 0 Å². The van der Waals surface area contributed by atoms with Gasteiger partial charge in [0.1, 0.15) is 0 Å². The second-order valence-electron chi connectivity index (χ2n) is 14.0. The third-order valence-corrected chi connectivity index (χ3v) is 11.1. The topological polar surface area (TPSA) is 0 Å². The summed E-state index contributed by atoms with van der Waals surface area (Å²) in [6.45, 7) is 0. The molecule has 0 heteroatoms. The molecule has 0 amide bonds. The second-order valence-corrected chi connectivity index (χ2v) is 14.0. The molecule has 11 aromatic rings. The molecule has 0 saturated carbocycles. The summed E-state index contributed by atoms with van der Waals surface area (Å²) in [6.07, 6.45) is 0. The third kappa shape index (κ3) is 4.28. The first kappa shape index (κ1) is 29.0. The zero-order chi connectivity index (χ0) is 34.2. The van der Waals surface area contributed by atoms with Gasteiger partial charge in [0.05, 0.1) is 0 Å². The maximum absolute atomic E-state index is 2.42. The van der Waals surface area contributed by atoms with Crippen LogP contribution in [0.5, 0.6) is 0 Å². The molecule has 0 fully saturated rings. The Hall–Kier alpha value is -6.76. The van der Waals surface area contributed by atoms with Crippen molar-refractivity contribution in [3.8, 4) is 44.5 Å². The highest BCUT2D eigenvalue weighted by molar-refractivity contribution is 6.44. The summed E-state index contributed by atoms with van der Waals surface area (Å²) in [5, 5.41) is 15.7. The highest BCUT2D eigenvalue weighted by Crippen LogP contribution is 2.51. The van der Waals surface area contributed by atoms with Gasteiger partial charge < -0.3 is 0 Å². The zero-order valence-corrected chi connectivity index (χ0v) is 28.5. The number of fused-ring (bicyclic) bond motifs is 6. The van der Waals surface area contributed by atoms with Crippen LogP contribution in [0.4, 0.5) is 0 Å². The summed E-state index contributed by atoms with van der Waals surface area (Å²) in [5.74, 6) is 0. The summed E-state index contributed by atoms with van der Waals surface area (Å²) in [4.78, 5) is 0. The lowest BCUT2D eigenvalue weighted by molar-refractivity contribution is 1.58. The van der Waals surface area contributed by atoms with Crippen LogP contribution in [0.25, 0.3) is 109 Å². The Labute approximate surface area is 302 Å². The summed E-state index contributed by atoms with van der Waals surface area (Å²) in [6, 6.07) is 71.8. The van der Waals surface area contributed by atoms with E-state index in [0.29, 0.717) is 0 Å². The van der Waals surface area contributed by atoms with Gasteiger partial charge in [-0.15, -0.1) is 0 Å². The molecule has 0 nitrogen and oxygen atoms in total. The van der Waals surface area contributed by atoms with Crippen LogP contribution in [0.1, 0.15) is 0 Å². The van der Waals surface area contributed by atoms with Crippen molar-refractivity contribution in [1.82, 2.24) is 0 Å². The van der Waals surface area contributed by atoms with Gasteiger partial charge in [-0.3, -0.25) is 0 Å². The Morgan fingerprint density at radius 1 is 0.212 bits per heavy atom. The number of rotatable bonds is 4. The molecule has 0 N–H and O–H groups in total. The molecule has 11 rings (SSSR count). The molecule has 0 bridgehead atoms. The lowest BCUT2D eigenvalue weighted by atomic mass is 9.80. The van der Waals surface area contributed by atoms with Crippen LogP contribution in [0.15, 0.2) is 194 Å². The minimum atomic E-state index is 1.22. The first-order valence-electron chi connectivity index (χ1n) is 18.1. The van der Waals surface area contributed by atoms with Gasteiger partial charge in [0.2, 0.25) is 0 Å². The predicted octanol–water partition coefficient (Wildman–Crippen LogP) is 14.7. The lowest BCUT2D eigenvalue weighted by Gasteiger charge is -2.22. The van der Waals surface area contributed by atoms with Crippen molar-refractivity contribution in [3.05, 3.63) is 194 Å². The van der Waals surface area contributed by atoms with E-state index in [2.05, 4.69) is 194 Å². The molecule has 52 heavy (non-hydrogen) atoms. The average molecular weight is 657 g/mol. The van der Waals surface area contributed by atoms with E-state index < -0.39 is 0 Å². The fourth-order valence-corrected chi connectivity index (χ4v) is 8.93. The van der Waals surface area contributed by atoms with Gasteiger partial charge in [-0.2, -0.15) is 0 Å². The van der Waals surface area contributed by atoms with E-state index in [1.54, 1.807) is 0 Å². The smallest absolute Gasteiger partial charge is 0.00134 e. The highest BCUT2D eigenvalue weighted by Gasteiger charge is 2.22. The fourth-order valence-electron chi connectivity index (χ4n) is 8.93. The van der Waals surface area contributed by atoms with E-state index in [0.717, 1.165) is 0 Å². The van der Waals surface area contributed by atoms with Gasteiger partial charge in [0.25, 0.3) is 0 Å². The van der Waals surface area contributed by atoms with Gasteiger partial charge in [-0.1, -0.05) is 170 Å². The minimum absolute atomic E-state index is 1.22. The van der Waals surface area contributed by atoms with Crippen LogP contribution >= 0.6 is 0 Å². The van der Waals surface area contributed by atoms with Crippen LogP contribution < -0.4 is 0 Å². The SMILES string of the molecule is c1ccc(-c2cc(-c3ccccc3)cc(-c3c4ccccc4c4c5ccc(-c6ccccc6)c6cc7ccccc7c(c7cccc3c74)c65)c2)cc1. The molecule has 0 spiro atoms. The quantitative estimate of drug-likeness (QED) is 0.131. The van der Waals surface area contributed by atoms with E-state index in [9.17, 15) is 0 Å². The van der Waals surface area contributed by atoms with Crippen LogP contribution in [0.2, 0.25) is 0 Å². The van der Waals surface area contributed by atoms with Crippen molar-refractivity contribution in [3.63, 3.8) is 0 Å². The Morgan fingerprint density at radius 2 is 0.673 bits per heavy atom. The molecule has 0 saturated heterocycles. The second kappa shape index (κ2) is 11.4. The summed E-state index contributed by atoms with van der Waals surface area (Å²) < 4.78 is 0. The van der Waals surface area contributed by atoms with Crippen LogP contribution in [-0.4, -0.2) is 0 Å². The van der Waals surface area contributed by atoms with Crippen molar-refractivity contribution in [2.75, 3.05) is 0 Å². The molecular weight excluding hydrogens is 625 g/mol. The molecular formula is C52H32. The van der Waals surface area contributed by atoms with E-state index in [1.807, 2.05) is 0 Å². The number of hydrogen-bond donors (Lipinski definition) is 0. The molecule has 0 radical (unpaired) electrons. The summed E-state index contributed by atoms with van der Waals surface area (Å²) in [7, 11) is 0. The molecule has 0 atom stereocenters. The minimum Gasteiger partial charge on any atom is -0.0622 e. The molecule has 0 heterocycles. The highest BCUT2D eigenvalue weighted by atomic mass is 14.3. The van der Waals surface area contributed by atoms with Crippen molar-refractivity contribution in [2.45, 2.75) is 0 Å². The van der Waals surface area contributed by atoms with Gasteiger partial charge in [-0.25, -0.2) is 0 Å². The van der Waals surface area contributed by atoms with Crippen molar-refractivity contribution in [1.29, 1.82) is 0 Å². The maximum Gasteiger partial charge on any atom is -0.00134 e. The summed E-state index contributed by atoms with van der Waals surface area (Å²) >= 11 is 0. The number of benzene rings is 11. The summed E-state index contributed by atoms with van der Waals surface area (Å²) in [5.41, 5.74) is 9.90. The standard InChI is InChI=1S/C52H32/c1-4-15-33(16-5-1)37-29-38(34-17-6-2-7-18-34)31-39(30-37)48-42-23-12-13-24-43(42)50-46-28-27-40(35-19-8-3-9-20-35)47-32-36-21-10-11-22-41(36)49(52(46)47)45-26-14-25-44(48)51(45)50/h1-32H. The van der Waals surface area contributed by atoms with E-state index >= 15 is 0 Å². The first-order chi connectivity index (χ1) is 25.8. The van der Waals surface area contributed by atoms with Crippen LogP contribution in [0, 0.1) is 0 Å². The Kier molecular flexibility index (Phi) is 6.35. The van der Waals surface area contributed by atoms with E-state index in [-0.39, 0.29) is 0 Å². The van der Waals surface area contributed by atoms with Crippen LogP contribution in [-0.2, 0) is 0 Å². The zero-order valence-electron chi connectivity index (χ0n) is 28.5. The maximum atomic E-state index is 2.42. The van der Waals surface area contributed by atoms with E-state index in [1.165, 1.54) is 109 Å². The fraction of sp³-hybridized carbons (Fsp3) is 0. The molecule has 240 valence electrons. The lowest BCUT2D eigenvalue weighted by Crippen LogP contribution is -1.94. The third-order valence-electron chi connectivity index (χ3n) is 11.1. The Morgan fingerprint density at radius 3 is 1.37 bits per heavy atom. The van der Waals surface area contributed by atoms with Crippen molar-refractivity contribution >= 4 is 64.6 Å².